The Morgan fingerprint density at radius 3 is 3.08 bits per heavy atom. The number of aromatic nitrogens is 2. The van der Waals surface area contributed by atoms with Gasteiger partial charge in [-0.15, -0.1) is 10.2 Å². The number of nitriles is 1. The van der Waals surface area contributed by atoms with Gasteiger partial charge in [-0.1, -0.05) is 23.1 Å². The molecule has 1 aliphatic rings. The maximum absolute atomic E-state index is 12.1. The number of amides is 1. The highest BCUT2D eigenvalue weighted by molar-refractivity contribution is 8.01. The van der Waals surface area contributed by atoms with E-state index in [0.717, 1.165) is 18.6 Å². The van der Waals surface area contributed by atoms with Crippen molar-refractivity contribution < 1.29 is 9.21 Å². The van der Waals surface area contributed by atoms with Crippen molar-refractivity contribution >= 4 is 34.1 Å². The Hall–Kier alpha value is -2.05. The highest BCUT2D eigenvalue weighted by Gasteiger charge is 2.42. The Morgan fingerprint density at radius 1 is 1.58 bits per heavy atom. The molecule has 0 saturated heterocycles. The molecule has 0 bridgehead atoms. The first-order valence-electron chi connectivity index (χ1n) is 7.54. The summed E-state index contributed by atoms with van der Waals surface area (Å²) >= 11 is 2.70. The highest BCUT2D eigenvalue weighted by Crippen LogP contribution is 2.39. The van der Waals surface area contributed by atoms with Gasteiger partial charge in [-0.2, -0.15) is 5.26 Å². The van der Waals surface area contributed by atoms with Crippen LogP contribution in [0.25, 0.3) is 0 Å². The van der Waals surface area contributed by atoms with E-state index < -0.39 is 5.54 Å². The molecule has 3 rings (SSSR count). The van der Waals surface area contributed by atoms with Gasteiger partial charge in [-0.25, -0.2) is 0 Å². The molecule has 126 valence electrons. The van der Waals surface area contributed by atoms with Crippen LogP contribution in [0.5, 0.6) is 0 Å². The van der Waals surface area contributed by atoms with Gasteiger partial charge in [0.25, 0.3) is 0 Å². The average Bonchev–Trinajstić information content (AvgIpc) is 3.13. The number of hydrogen-bond acceptors (Lipinski definition) is 8. The molecule has 7 nitrogen and oxygen atoms in total. The summed E-state index contributed by atoms with van der Waals surface area (Å²) in [5, 5.41) is 24.0. The van der Waals surface area contributed by atoms with Crippen LogP contribution >= 0.6 is 23.1 Å². The number of thioether (sulfide) groups is 1. The molecular formula is C15H17N5O2S2. The van der Waals surface area contributed by atoms with Gasteiger partial charge >= 0.3 is 0 Å². The van der Waals surface area contributed by atoms with Gasteiger partial charge in [-0.05, 0) is 37.8 Å². The third-order valence-electron chi connectivity index (χ3n) is 3.75. The van der Waals surface area contributed by atoms with Crippen LogP contribution < -0.4 is 10.6 Å². The topological polar surface area (TPSA) is 104 Å². The van der Waals surface area contributed by atoms with E-state index in [1.807, 2.05) is 12.1 Å². The lowest BCUT2D eigenvalue weighted by molar-refractivity contribution is -0.119. The molecule has 1 fully saturated rings. The van der Waals surface area contributed by atoms with Crippen molar-refractivity contribution in [3.63, 3.8) is 0 Å². The lowest BCUT2D eigenvalue weighted by Gasteiger charge is -2.22. The summed E-state index contributed by atoms with van der Waals surface area (Å²) in [6, 6.07) is 5.92. The molecule has 1 unspecified atom stereocenters. The molecule has 1 saturated carbocycles. The summed E-state index contributed by atoms with van der Waals surface area (Å²) in [7, 11) is 0. The largest absolute Gasteiger partial charge is 0.467 e. The smallest absolute Gasteiger partial charge is 0.231 e. The Balaban J connectivity index is 1.45. The zero-order valence-corrected chi connectivity index (χ0v) is 14.7. The molecule has 0 aromatic carbocycles. The second-order valence-electron chi connectivity index (χ2n) is 5.73. The number of hydrogen-bond donors (Lipinski definition) is 2. The summed E-state index contributed by atoms with van der Waals surface area (Å²) in [4.78, 5) is 12.1. The summed E-state index contributed by atoms with van der Waals surface area (Å²) in [5.41, 5.74) is -0.755. The minimum absolute atomic E-state index is 0.156. The molecule has 2 heterocycles. The van der Waals surface area contributed by atoms with Gasteiger partial charge in [0.05, 0.1) is 24.6 Å². The minimum atomic E-state index is -0.755. The molecule has 0 aliphatic heterocycles. The molecular weight excluding hydrogens is 346 g/mol. The fourth-order valence-corrected chi connectivity index (χ4v) is 3.80. The van der Waals surface area contributed by atoms with Crippen LogP contribution in [0, 0.1) is 17.2 Å². The number of nitrogens with one attached hydrogen (secondary N) is 2. The summed E-state index contributed by atoms with van der Waals surface area (Å²) in [6.45, 7) is 2.32. The van der Waals surface area contributed by atoms with Gasteiger partial charge in [0.2, 0.25) is 11.0 Å². The summed E-state index contributed by atoms with van der Waals surface area (Å²) in [6.07, 6.45) is 3.62. The van der Waals surface area contributed by atoms with Crippen molar-refractivity contribution in [2.45, 2.75) is 36.2 Å². The molecule has 0 radical (unpaired) electrons. The number of carbonyl (C=O) groups is 1. The highest BCUT2D eigenvalue weighted by atomic mass is 32.2. The van der Waals surface area contributed by atoms with E-state index in [2.05, 4.69) is 26.9 Å². The lowest BCUT2D eigenvalue weighted by atomic mass is 9.98. The van der Waals surface area contributed by atoms with Crippen LogP contribution in [0.3, 0.4) is 0 Å². The second kappa shape index (κ2) is 7.23. The lowest BCUT2D eigenvalue weighted by Crippen LogP contribution is -2.47. The maximum atomic E-state index is 12.1. The maximum Gasteiger partial charge on any atom is 0.231 e. The second-order valence-corrected chi connectivity index (χ2v) is 7.93. The van der Waals surface area contributed by atoms with Gasteiger partial charge in [0, 0.05) is 0 Å². The Bertz CT molecular complexity index is 735. The molecule has 2 N–H and O–H groups in total. The SMILES string of the molecule is CC(C#N)(NC(=O)CSc1nnc(NCc2ccco2)s1)C1CC1. The third-order valence-corrected chi connectivity index (χ3v) is 5.77. The van der Waals surface area contributed by atoms with Crippen molar-refractivity contribution in [1.82, 2.24) is 15.5 Å². The third kappa shape index (κ3) is 4.27. The number of furan rings is 1. The first-order valence-corrected chi connectivity index (χ1v) is 9.34. The van der Waals surface area contributed by atoms with Crippen LogP contribution in [-0.4, -0.2) is 27.4 Å². The van der Waals surface area contributed by atoms with Crippen LogP contribution in [0.4, 0.5) is 5.13 Å². The molecule has 24 heavy (non-hydrogen) atoms. The van der Waals surface area contributed by atoms with Gasteiger partial charge in [0.15, 0.2) is 4.34 Å². The van der Waals surface area contributed by atoms with Crippen LogP contribution in [0.2, 0.25) is 0 Å². The Morgan fingerprint density at radius 2 is 2.42 bits per heavy atom. The molecule has 1 amide bonds. The van der Waals surface area contributed by atoms with E-state index in [1.54, 1.807) is 13.2 Å². The average molecular weight is 363 g/mol. The molecule has 2 aromatic heterocycles. The van der Waals surface area contributed by atoms with E-state index in [-0.39, 0.29) is 17.6 Å². The fraction of sp³-hybridized carbons (Fsp3) is 0.467. The molecule has 1 atom stereocenters. The van der Waals surface area contributed by atoms with Gasteiger partial charge in [0.1, 0.15) is 11.3 Å². The van der Waals surface area contributed by atoms with Crippen LogP contribution in [-0.2, 0) is 11.3 Å². The number of carbonyl (C=O) groups excluding carboxylic acids is 1. The predicted octanol–water partition coefficient (Wildman–Crippen LogP) is 2.64. The van der Waals surface area contributed by atoms with E-state index in [1.165, 1.54) is 23.1 Å². The van der Waals surface area contributed by atoms with Crippen LogP contribution in [0.15, 0.2) is 27.2 Å². The summed E-state index contributed by atoms with van der Waals surface area (Å²) < 4.78 is 5.94. The van der Waals surface area contributed by atoms with Crippen molar-refractivity contribution in [2.24, 2.45) is 5.92 Å². The van der Waals surface area contributed by atoms with E-state index in [4.69, 9.17) is 4.42 Å². The van der Waals surface area contributed by atoms with Crippen molar-refractivity contribution in [1.29, 1.82) is 5.26 Å². The Labute approximate surface area is 147 Å². The van der Waals surface area contributed by atoms with Crippen molar-refractivity contribution in [3.8, 4) is 6.07 Å². The Kier molecular flexibility index (Phi) is 5.06. The van der Waals surface area contributed by atoms with Crippen molar-refractivity contribution in [2.75, 3.05) is 11.1 Å². The zero-order valence-electron chi connectivity index (χ0n) is 13.1. The first-order chi connectivity index (χ1) is 11.6. The first kappa shape index (κ1) is 16.8. The number of rotatable bonds is 8. The predicted molar refractivity (Wildman–Crippen MR) is 91.6 cm³/mol. The quantitative estimate of drug-likeness (QED) is 0.695. The summed E-state index contributed by atoms with van der Waals surface area (Å²) in [5.74, 6) is 1.15. The van der Waals surface area contributed by atoms with Gasteiger partial charge in [-0.3, -0.25) is 4.79 Å². The molecule has 0 spiro atoms. The molecule has 1 aliphatic carbocycles. The standard InChI is InChI=1S/C15H17N5O2S2/c1-15(9-16,10-4-5-10)18-12(21)8-23-14-20-19-13(24-14)17-7-11-3-2-6-22-11/h2-3,6,10H,4-5,7-8H2,1H3,(H,17,19)(H,18,21). The number of nitrogens with zero attached hydrogens (tertiary/aromatic N) is 3. The van der Waals surface area contributed by atoms with Crippen LogP contribution in [0.1, 0.15) is 25.5 Å². The monoisotopic (exact) mass is 363 g/mol. The van der Waals surface area contributed by atoms with E-state index in [9.17, 15) is 10.1 Å². The minimum Gasteiger partial charge on any atom is -0.467 e. The number of anilines is 1. The van der Waals surface area contributed by atoms with E-state index >= 15 is 0 Å². The zero-order chi connectivity index (χ0) is 17.0. The molecule has 2 aromatic rings. The molecule has 9 heteroatoms. The van der Waals surface area contributed by atoms with Gasteiger partial charge < -0.3 is 15.1 Å². The normalized spacial score (nSPS) is 16.2. The fourth-order valence-electron chi connectivity index (χ4n) is 2.25. The van der Waals surface area contributed by atoms with E-state index in [0.29, 0.717) is 16.0 Å². The van der Waals surface area contributed by atoms with Crippen molar-refractivity contribution in [3.05, 3.63) is 24.2 Å².